The van der Waals surface area contributed by atoms with Crippen LogP contribution in [0.1, 0.15) is 6.42 Å². The number of hydrogen-bond donors (Lipinski definition) is 1. The lowest BCUT2D eigenvalue weighted by molar-refractivity contribution is 0.149. The Labute approximate surface area is 94.8 Å². The van der Waals surface area contributed by atoms with E-state index in [4.69, 9.17) is 4.74 Å². The summed E-state index contributed by atoms with van der Waals surface area (Å²) in [6, 6.07) is 0. The summed E-state index contributed by atoms with van der Waals surface area (Å²) in [6.07, 6.45) is 5.85. The van der Waals surface area contributed by atoms with E-state index in [1.807, 2.05) is 6.08 Å². The largest absolute Gasteiger partial charge is 0.379 e. The number of nitrogens with zero attached hydrogens (tertiary/aromatic N) is 2. The molecule has 0 bridgehead atoms. The number of rotatable bonds is 7. The smallest absolute Gasteiger partial charge is 0.293 e. The summed E-state index contributed by atoms with van der Waals surface area (Å²) in [4.78, 5) is 15.5. The van der Waals surface area contributed by atoms with Gasteiger partial charge in [-0.1, -0.05) is 6.08 Å². The van der Waals surface area contributed by atoms with Crippen LogP contribution in [0.4, 0.5) is 5.82 Å². The monoisotopic (exact) mass is 223 g/mol. The molecule has 0 unspecified atom stereocenters. The molecule has 0 spiro atoms. The van der Waals surface area contributed by atoms with Gasteiger partial charge < -0.3 is 14.6 Å². The van der Waals surface area contributed by atoms with Crippen molar-refractivity contribution in [1.82, 2.24) is 9.55 Å². The van der Waals surface area contributed by atoms with Gasteiger partial charge in [-0.25, -0.2) is 4.98 Å². The Morgan fingerprint density at radius 2 is 2.44 bits per heavy atom. The minimum Gasteiger partial charge on any atom is -0.379 e. The molecule has 1 aromatic heterocycles. The van der Waals surface area contributed by atoms with Crippen LogP contribution >= 0.6 is 0 Å². The van der Waals surface area contributed by atoms with Crippen LogP contribution in [-0.4, -0.2) is 29.3 Å². The average molecular weight is 223 g/mol. The number of hydrogen-bond acceptors (Lipinski definition) is 4. The molecule has 0 fully saturated rings. The maximum Gasteiger partial charge on any atom is 0.293 e. The van der Waals surface area contributed by atoms with Gasteiger partial charge in [0.2, 0.25) is 0 Å². The van der Waals surface area contributed by atoms with Gasteiger partial charge in [0.1, 0.15) is 0 Å². The van der Waals surface area contributed by atoms with Crippen LogP contribution < -0.4 is 10.9 Å². The van der Waals surface area contributed by atoms with Crippen LogP contribution in [0.25, 0.3) is 0 Å². The fourth-order valence-electron chi connectivity index (χ4n) is 1.13. The van der Waals surface area contributed by atoms with Gasteiger partial charge >= 0.3 is 0 Å². The SMILES string of the molecule is C=CCCOCCNc1nccn(C)c1=O. The first kappa shape index (κ1) is 12.4. The first-order valence-corrected chi connectivity index (χ1v) is 5.20. The van der Waals surface area contributed by atoms with E-state index in [1.54, 1.807) is 19.4 Å². The highest BCUT2D eigenvalue weighted by Crippen LogP contribution is 1.91. The lowest BCUT2D eigenvalue weighted by Gasteiger charge is -2.06. The molecule has 1 N–H and O–H groups in total. The number of aryl methyl sites for hydroxylation is 1. The number of anilines is 1. The molecular formula is C11H17N3O2. The van der Waals surface area contributed by atoms with E-state index in [-0.39, 0.29) is 5.56 Å². The zero-order valence-electron chi connectivity index (χ0n) is 9.48. The van der Waals surface area contributed by atoms with E-state index in [2.05, 4.69) is 16.9 Å². The highest BCUT2D eigenvalue weighted by Gasteiger charge is 2.00. The van der Waals surface area contributed by atoms with Crippen LogP contribution in [0.15, 0.2) is 29.8 Å². The molecule has 0 aliphatic carbocycles. The molecule has 16 heavy (non-hydrogen) atoms. The number of aromatic nitrogens is 2. The van der Waals surface area contributed by atoms with Crippen molar-refractivity contribution in [2.75, 3.05) is 25.1 Å². The van der Waals surface area contributed by atoms with Gasteiger partial charge in [0.25, 0.3) is 5.56 Å². The minimum absolute atomic E-state index is 0.131. The third-order valence-electron chi connectivity index (χ3n) is 2.02. The van der Waals surface area contributed by atoms with Crippen molar-refractivity contribution in [2.24, 2.45) is 7.05 Å². The van der Waals surface area contributed by atoms with Crippen molar-refractivity contribution < 1.29 is 4.74 Å². The summed E-state index contributed by atoms with van der Waals surface area (Å²) >= 11 is 0. The molecule has 5 nitrogen and oxygen atoms in total. The van der Waals surface area contributed by atoms with Gasteiger partial charge in [-0.05, 0) is 6.42 Å². The zero-order chi connectivity index (χ0) is 11.8. The van der Waals surface area contributed by atoms with Gasteiger partial charge in [-0.15, -0.1) is 6.58 Å². The Morgan fingerprint density at radius 3 is 3.19 bits per heavy atom. The maximum atomic E-state index is 11.5. The predicted octanol–water partition coefficient (Wildman–Crippen LogP) is 0.785. The Kier molecular flexibility index (Phi) is 5.28. The van der Waals surface area contributed by atoms with Crippen molar-refractivity contribution in [1.29, 1.82) is 0 Å². The van der Waals surface area contributed by atoms with E-state index in [0.29, 0.717) is 25.6 Å². The molecule has 1 rings (SSSR count). The fraction of sp³-hybridized carbons (Fsp3) is 0.455. The lowest BCUT2D eigenvalue weighted by atomic mass is 10.4. The predicted molar refractivity (Wildman–Crippen MR) is 63.6 cm³/mol. The molecule has 1 aromatic rings. The van der Waals surface area contributed by atoms with E-state index in [0.717, 1.165) is 6.42 Å². The number of nitrogens with one attached hydrogen (secondary N) is 1. The van der Waals surface area contributed by atoms with E-state index < -0.39 is 0 Å². The minimum atomic E-state index is -0.131. The standard InChI is InChI=1S/C11H17N3O2/c1-3-4-8-16-9-6-13-10-11(15)14(2)7-5-12-10/h3,5,7H,1,4,6,8-9H2,2H3,(H,12,13). The molecule has 0 aliphatic heterocycles. The normalized spacial score (nSPS) is 10.1. The molecule has 0 amide bonds. The molecule has 0 aromatic carbocycles. The molecule has 5 heteroatoms. The van der Waals surface area contributed by atoms with Crippen LogP contribution in [-0.2, 0) is 11.8 Å². The van der Waals surface area contributed by atoms with E-state index in [1.165, 1.54) is 4.57 Å². The highest BCUT2D eigenvalue weighted by atomic mass is 16.5. The van der Waals surface area contributed by atoms with E-state index in [9.17, 15) is 4.79 Å². The zero-order valence-corrected chi connectivity index (χ0v) is 9.48. The van der Waals surface area contributed by atoms with Crippen LogP contribution in [0.2, 0.25) is 0 Å². The summed E-state index contributed by atoms with van der Waals surface area (Å²) in [5.41, 5.74) is -0.131. The average Bonchev–Trinajstić information content (AvgIpc) is 2.29. The molecule has 0 saturated heterocycles. The molecule has 1 heterocycles. The Bertz CT molecular complexity index is 387. The molecule has 0 atom stereocenters. The van der Waals surface area contributed by atoms with Gasteiger partial charge in [0.15, 0.2) is 5.82 Å². The molecule has 88 valence electrons. The highest BCUT2D eigenvalue weighted by molar-refractivity contribution is 5.30. The molecule has 0 aliphatic rings. The summed E-state index contributed by atoms with van der Waals surface area (Å²) in [6.45, 7) is 5.38. The van der Waals surface area contributed by atoms with Gasteiger partial charge in [0, 0.05) is 26.0 Å². The van der Waals surface area contributed by atoms with Crippen LogP contribution in [0, 0.1) is 0 Å². The first-order chi connectivity index (χ1) is 7.75. The third-order valence-corrected chi connectivity index (χ3v) is 2.02. The van der Waals surface area contributed by atoms with Crippen molar-refractivity contribution in [2.45, 2.75) is 6.42 Å². The van der Waals surface area contributed by atoms with Crippen LogP contribution in [0.5, 0.6) is 0 Å². The van der Waals surface area contributed by atoms with Crippen molar-refractivity contribution in [3.05, 3.63) is 35.4 Å². The molecular weight excluding hydrogens is 206 g/mol. The van der Waals surface area contributed by atoms with Gasteiger partial charge in [0.05, 0.1) is 13.2 Å². The van der Waals surface area contributed by atoms with Crippen molar-refractivity contribution in [3.8, 4) is 0 Å². The first-order valence-electron chi connectivity index (χ1n) is 5.20. The second-order valence-corrected chi connectivity index (χ2v) is 3.31. The summed E-state index contributed by atoms with van der Waals surface area (Å²) in [5, 5.41) is 2.94. The van der Waals surface area contributed by atoms with E-state index >= 15 is 0 Å². The second kappa shape index (κ2) is 6.79. The Hall–Kier alpha value is -1.62. The molecule has 0 saturated carbocycles. The fourth-order valence-corrected chi connectivity index (χ4v) is 1.13. The van der Waals surface area contributed by atoms with Gasteiger partial charge in [-0.2, -0.15) is 0 Å². The lowest BCUT2D eigenvalue weighted by Crippen LogP contribution is -2.23. The summed E-state index contributed by atoms with van der Waals surface area (Å²) in [7, 11) is 1.69. The van der Waals surface area contributed by atoms with Crippen LogP contribution in [0.3, 0.4) is 0 Å². The van der Waals surface area contributed by atoms with Gasteiger partial charge in [-0.3, -0.25) is 4.79 Å². The third kappa shape index (κ3) is 3.86. The second-order valence-electron chi connectivity index (χ2n) is 3.31. The summed E-state index contributed by atoms with van der Waals surface area (Å²) in [5.74, 6) is 0.359. The number of ether oxygens (including phenoxy) is 1. The van der Waals surface area contributed by atoms with Crippen molar-refractivity contribution >= 4 is 5.82 Å². The maximum absolute atomic E-state index is 11.5. The topological polar surface area (TPSA) is 56.1 Å². The summed E-state index contributed by atoms with van der Waals surface area (Å²) < 4.78 is 6.78. The van der Waals surface area contributed by atoms with Crippen molar-refractivity contribution in [3.63, 3.8) is 0 Å². The Balaban J connectivity index is 2.29. The quantitative estimate of drug-likeness (QED) is 0.548. The Morgan fingerprint density at radius 1 is 1.62 bits per heavy atom. The molecule has 0 radical (unpaired) electrons.